The number of hydrogen-bond acceptors (Lipinski definition) is 3. The summed E-state index contributed by atoms with van der Waals surface area (Å²) in [4.78, 5) is 26.0. The van der Waals surface area contributed by atoms with Crippen molar-refractivity contribution in [2.45, 2.75) is 13.3 Å². The summed E-state index contributed by atoms with van der Waals surface area (Å²) in [6.45, 7) is 3.60. The first-order valence-electron chi connectivity index (χ1n) is 8.79. The number of ether oxygens (including phenoxy) is 1. The summed E-state index contributed by atoms with van der Waals surface area (Å²) in [5, 5.41) is 5.63. The van der Waals surface area contributed by atoms with E-state index in [1.807, 2.05) is 49.4 Å². The van der Waals surface area contributed by atoms with Crippen LogP contribution in [-0.2, 0) is 4.79 Å². The van der Waals surface area contributed by atoms with Crippen molar-refractivity contribution in [3.05, 3.63) is 54.6 Å². The summed E-state index contributed by atoms with van der Waals surface area (Å²) in [7, 11) is 0. The van der Waals surface area contributed by atoms with Crippen molar-refractivity contribution < 1.29 is 14.3 Å². The molecule has 1 aliphatic heterocycles. The highest BCUT2D eigenvalue weighted by Crippen LogP contribution is 2.24. The molecule has 0 aliphatic carbocycles. The summed E-state index contributed by atoms with van der Waals surface area (Å²) in [6, 6.07) is 16.5. The quantitative estimate of drug-likeness (QED) is 0.837. The Bertz CT molecular complexity index is 747. The second kappa shape index (κ2) is 8.38. The molecule has 2 N–H and O–H groups in total. The molecular formula is C20H23N3O3. The van der Waals surface area contributed by atoms with E-state index in [1.54, 1.807) is 17.0 Å². The fourth-order valence-electron chi connectivity index (χ4n) is 2.99. The molecule has 3 rings (SSSR count). The van der Waals surface area contributed by atoms with Crippen molar-refractivity contribution in [2.75, 3.05) is 29.9 Å². The maximum atomic E-state index is 12.2. The number of carbonyl (C=O) groups excluding carboxylic acids is 2. The van der Waals surface area contributed by atoms with Crippen LogP contribution in [0.4, 0.5) is 16.2 Å². The third-order valence-corrected chi connectivity index (χ3v) is 4.25. The van der Waals surface area contributed by atoms with Crippen molar-refractivity contribution in [1.82, 2.24) is 5.32 Å². The van der Waals surface area contributed by atoms with Gasteiger partial charge in [0.15, 0.2) is 0 Å². The minimum atomic E-state index is -0.278. The Kier molecular flexibility index (Phi) is 5.73. The zero-order chi connectivity index (χ0) is 18.4. The van der Waals surface area contributed by atoms with Gasteiger partial charge in [0.2, 0.25) is 5.91 Å². The van der Waals surface area contributed by atoms with Crippen LogP contribution in [-0.4, -0.2) is 31.6 Å². The number of nitrogens with zero attached hydrogens (tertiary/aromatic N) is 1. The fraction of sp³-hybridized carbons (Fsp3) is 0.300. The van der Waals surface area contributed by atoms with Crippen molar-refractivity contribution in [3.63, 3.8) is 0 Å². The SMILES string of the molecule is CCOc1ccc(NC(=O)NC[C@@H]2CC(=O)N(c3ccccc3)C2)cc1. The summed E-state index contributed by atoms with van der Waals surface area (Å²) in [5.41, 5.74) is 1.60. The Morgan fingerprint density at radius 2 is 1.88 bits per heavy atom. The molecule has 6 heteroatoms. The topological polar surface area (TPSA) is 70.7 Å². The molecule has 1 aliphatic rings. The van der Waals surface area contributed by atoms with Gasteiger partial charge in [-0.1, -0.05) is 18.2 Å². The van der Waals surface area contributed by atoms with E-state index in [2.05, 4.69) is 10.6 Å². The highest BCUT2D eigenvalue weighted by atomic mass is 16.5. The van der Waals surface area contributed by atoms with Crippen LogP contribution in [0.2, 0.25) is 0 Å². The van der Waals surface area contributed by atoms with E-state index in [-0.39, 0.29) is 17.9 Å². The molecule has 1 saturated heterocycles. The predicted molar refractivity (Wildman–Crippen MR) is 102 cm³/mol. The van der Waals surface area contributed by atoms with Gasteiger partial charge in [0, 0.05) is 36.8 Å². The predicted octanol–water partition coefficient (Wildman–Crippen LogP) is 3.26. The average Bonchev–Trinajstić information content (AvgIpc) is 3.03. The van der Waals surface area contributed by atoms with E-state index in [0.29, 0.717) is 31.8 Å². The molecule has 3 amide bonds. The molecule has 26 heavy (non-hydrogen) atoms. The molecule has 2 aromatic carbocycles. The van der Waals surface area contributed by atoms with Gasteiger partial charge in [0.25, 0.3) is 0 Å². The lowest BCUT2D eigenvalue weighted by Gasteiger charge is -2.17. The maximum absolute atomic E-state index is 12.2. The van der Waals surface area contributed by atoms with Crippen LogP contribution in [0, 0.1) is 5.92 Å². The lowest BCUT2D eigenvalue weighted by Crippen LogP contribution is -2.34. The Morgan fingerprint density at radius 3 is 2.58 bits per heavy atom. The van der Waals surface area contributed by atoms with Gasteiger partial charge in [0.05, 0.1) is 6.61 Å². The van der Waals surface area contributed by atoms with Crippen molar-refractivity contribution in [3.8, 4) is 5.75 Å². The van der Waals surface area contributed by atoms with Gasteiger partial charge in [-0.25, -0.2) is 4.79 Å². The van der Waals surface area contributed by atoms with Crippen LogP contribution in [0.25, 0.3) is 0 Å². The normalized spacial score (nSPS) is 16.4. The Balaban J connectivity index is 1.47. The minimum Gasteiger partial charge on any atom is -0.494 e. The van der Waals surface area contributed by atoms with Crippen LogP contribution < -0.4 is 20.3 Å². The monoisotopic (exact) mass is 353 g/mol. The number of anilines is 2. The van der Waals surface area contributed by atoms with Crippen molar-refractivity contribution in [1.29, 1.82) is 0 Å². The number of para-hydroxylation sites is 1. The first kappa shape index (κ1) is 17.8. The van der Waals surface area contributed by atoms with E-state index < -0.39 is 0 Å². The molecule has 6 nitrogen and oxygen atoms in total. The summed E-state index contributed by atoms with van der Waals surface area (Å²) in [5.74, 6) is 0.965. The lowest BCUT2D eigenvalue weighted by molar-refractivity contribution is -0.117. The summed E-state index contributed by atoms with van der Waals surface area (Å²) in [6.07, 6.45) is 0.443. The van der Waals surface area contributed by atoms with Gasteiger partial charge in [-0.3, -0.25) is 4.79 Å². The van der Waals surface area contributed by atoms with Gasteiger partial charge in [0.1, 0.15) is 5.75 Å². The Morgan fingerprint density at radius 1 is 1.15 bits per heavy atom. The number of carbonyl (C=O) groups is 2. The smallest absolute Gasteiger partial charge is 0.319 e. The molecule has 0 unspecified atom stereocenters. The molecule has 0 spiro atoms. The first-order valence-corrected chi connectivity index (χ1v) is 8.79. The lowest BCUT2D eigenvalue weighted by atomic mass is 10.1. The number of amides is 3. The summed E-state index contributed by atoms with van der Waals surface area (Å²) < 4.78 is 5.37. The molecule has 136 valence electrons. The third-order valence-electron chi connectivity index (χ3n) is 4.25. The second-order valence-corrected chi connectivity index (χ2v) is 6.20. The number of urea groups is 1. The number of rotatable bonds is 6. The second-order valence-electron chi connectivity index (χ2n) is 6.20. The maximum Gasteiger partial charge on any atom is 0.319 e. The average molecular weight is 353 g/mol. The molecule has 2 aromatic rings. The molecule has 0 radical (unpaired) electrons. The standard InChI is InChI=1S/C20H23N3O3/c1-2-26-18-10-8-16(9-11-18)22-20(25)21-13-15-12-19(24)23(14-15)17-6-4-3-5-7-17/h3-11,15H,2,12-14H2,1H3,(H2,21,22,25)/t15-/m0/s1. The number of hydrogen-bond donors (Lipinski definition) is 2. The highest BCUT2D eigenvalue weighted by Gasteiger charge is 2.30. The number of benzene rings is 2. The molecule has 0 saturated carbocycles. The highest BCUT2D eigenvalue weighted by molar-refractivity contribution is 5.96. The zero-order valence-electron chi connectivity index (χ0n) is 14.8. The van der Waals surface area contributed by atoms with Gasteiger partial charge < -0.3 is 20.3 Å². The van der Waals surface area contributed by atoms with E-state index in [0.717, 1.165) is 11.4 Å². The van der Waals surface area contributed by atoms with Crippen LogP contribution in [0.5, 0.6) is 5.75 Å². The van der Waals surface area contributed by atoms with Crippen LogP contribution >= 0.6 is 0 Å². The van der Waals surface area contributed by atoms with Gasteiger partial charge in [-0.05, 0) is 43.3 Å². The summed E-state index contributed by atoms with van der Waals surface area (Å²) >= 11 is 0. The van der Waals surface area contributed by atoms with Crippen LogP contribution in [0.1, 0.15) is 13.3 Å². The minimum absolute atomic E-state index is 0.0925. The first-order chi connectivity index (χ1) is 12.7. The van der Waals surface area contributed by atoms with E-state index in [9.17, 15) is 9.59 Å². The van der Waals surface area contributed by atoms with E-state index in [1.165, 1.54) is 0 Å². The van der Waals surface area contributed by atoms with E-state index >= 15 is 0 Å². The molecule has 1 atom stereocenters. The van der Waals surface area contributed by atoms with Gasteiger partial charge in [-0.2, -0.15) is 0 Å². The molecule has 1 fully saturated rings. The Hall–Kier alpha value is -3.02. The van der Waals surface area contributed by atoms with Crippen molar-refractivity contribution in [2.24, 2.45) is 5.92 Å². The van der Waals surface area contributed by atoms with E-state index in [4.69, 9.17) is 4.74 Å². The molecule has 0 bridgehead atoms. The third kappa shape index (κ3) is 4.53. The van der Waals surface area contributed by atoms with Crippen LogP contribution in [0.3, 0.4) is 0 Å². The van der Waals surface area contributed by atoms with Gasteiger partial charge in [-0.15, -0.1) is 0 Å². The molecule has 1 heterocycles. The van der Waals surface area contributed by atoms with Gasteiger partial charge >= 0.3 is 6.03 Å². The fourth-order valence-corrected chi connectivity index (χ4v) is 2.99. The number of nitrogens with one attached hydrogen (secondary N) is 2. The van der Waals surface area contributed by atoms with Crippen LogP contribution in [0.15, 0.2) is 54.6 Å². The molecule has 0 aromatic heterocycles. The largest absolute Gasteiger partial charge is 0.494 e. The van der Waals surface area contributed by atoms with Crippen molar-refractivity contribution >= 4 is 23.3 Å². The Labute approximate surface area is 153 Å². The zero-order valence-corrected chi connectivity index (χ0v) is 14.8. The molecular weight excluding hydrogens is 330 g/mol.